The summed E-state index contributed by atoms with van der Waals surface area (Å²) in [5.41, 5.74) is 4.37. The van der Waals surface area contributed by atoms with E-state index >= 15 is 0 Å². The van der Waals surface area contributed by atoms with E-state index in [0.29, 0.717) is 13.1 Å². The van der Waals surface area contributed by atoms with Crippen molar-refractivity contribution in [2.24, 2.45) is 5.92 Å². The van der Waals surface area contributed by atoms with Gasteiger partial charge in [0.2, 0.25) is 5.91 Å². The second-order valence-electron chi connectivity index (χ2n) is 10.6. The summed E-state index contributed by atoms with van der Waals surface area (Å²) in [6.45, 7) is 13.0. The van der Waals surface area contributed by atoms with Crippen molar-refractivity contribution in [1.29, 1.82) is 0 Å². The van der Waals surface area contributed by atoms with E-state index in [-0.39, 0.29) is 23.1 Å². The minimum absolute atomic E-state index is 0.00627. The van der Waals surface area contributed by atoms with Crippen LogP contribution in [-0.2, 0) is 10.2 Å². The Morgan fingerprint density at radius 1 is 0.853 bits per heavy atom. The van der Waals surface area contributed by atoms with Crippen LogP contribution in [0.2, 0.25) is 5.02 Å². The van der Waals surface area contributed by atoms with Crippen LogP contribution >= 0.6 is 11.6 Å². The van der Waals surface area contributed by atoms with Crippen LogP contribution in [0.3, 0.4) is 0 Å². The van der Waals surface area contributed by atoms with Crippen LogP contribution in [0.5, 0.6) is 0 Å². The Bertz CT molecular complexity index is 1030. The third kappa shape index (κ3) is 5.41. The zero-order valence-corrected chi connectivity index (χ0v) is 21.6. The summed E-state index contributed by atoms with van der Waals surface area (Å²) in [4.78, 5) is 32.4. The van der Waals surface area contributed by atoms with E-state index in [0.717, 1.165) is 55.3 Å². The van der Waals surface area contributed by atoms with Gasteiger partial charge in [-0.15, -0.1) is 0 Å². The average molecular weight is 482 g/mol. The molecule has 5 nitrogen and oxygen atoms in total. The molecule has 4 rings (SSSR count). The van der Waals surface area contributed by atoms with E-state index in [1.54, 1.807) is 0 Å². The van der Waals surface area contributed by atoms with Crippen molar-refractivity contribution in [2.75, 3.05) is 44.2 Å². The summed E-state index contributed by atoms with van der Waals surface area (Å²) in [5.74, 6) is 0.313. The van der Waals surface area contributed by atoms with E-state index in [2.05, 4.69) is 32.6 Å². The van der Waals surface area contributed by atoms with Gasteiger partial charge in [-0.1, -0.05) is 50.6 Å². The lowest BCUT2D eigenvalue weighted by atomic mass is 9.86. The molecule has 2 fully saturated rings. The van der Waals surface area contributed by atoms with Crippen molar-refractivity contribution >= 4 is 29.1 Å². The molecular formula is C28H36ClN3O2. The second-order valence-corrected chi connectivity index (χ2v) is 11.1. The average Bonchev–Trinajstić information content (AvgIpc) is 2.84. The molecule has 0 spiro atoms. The number of carbonyl (C=O) groups excluding carboxylic acids is 2. The maximum absolute atomic E-state index is 13.2. The molecule has 2 saturated heterocycles. The molecule has 0 atom stereocenters. The molecular weight excluding hydrogens is 446 g/mol. The van der Waals surface area contributed by atoms with Gasteiger partial charge in [0.15, 0.2) is 0 Å². The maximum atomic E-state index is 13.2. The summed E-state index contributed by atoms with van der Waals surface area (Å²) >= 11 is 6.20. The fourth-order valence-corrected chi connectivity index (χ4v) is 5.14. The number of halogens is 1. The van der Waals surface area contributed by atoms with Gasteiger partial charge in [0.1, 0.15) is 0 Å². The molecule has 2 amide bonds. The van der Waals surface area contributed by atoms with E-state index in [1.165, 1.54) is 11.1 Å². The molecule has 0 aliphatic carbocycles. The minimum atomic E-state index is 0.00627. The lowest BCUT2D eigenvalue weighted by molar-refractivity contribution is -0.137. The molecule has 0 bridgehead atoms. The number of hydrogen-bond donors (Lipinski definition) is 0. The topological polar surface area (TPSA) is 43.9 Å². The van der Waals surface area contributed by atoms with E-state index < -0.39 is 0 Å². The largest absolute Gasteiger partial charge is 0.368 e. The van der Waals surface area contributed by atoms with E-state index in [1.807, 2.05) is 52.3 Å². The fraction of sp³-hybridized carbons (Fsp3) is 0.500. The van der Waals surface area contributed by atoms with E-state index in [9.17, 15) is 9.59 Å². The molecule has 2 aliphatic heterocycles. The summed E-state index contributed by atoms with van der Waals surface area (Å²) < 4.78 is 0. The van der Waals surface area contributed by atoms with Crippen molar-refractivity contribution in [2.45, 2.75) is 46.0 Å². The molecule has 0 saturated carbocycles. The van der Waals surface area contributed by atoms with Crippen LogP contribution in [0.15, 0.2) is 42.5 Å². The van der Waals surface area contributed by atoms with Gasteiger partial charge in [0, 0.05) is 61.5 Å². The Balaban J connectivity index is 1.28. The highest BCUT2D eigenvalue weighted by Gasteiger charge is 2.32. The van der Waals surface area contributed by atoms with Gasteiger partial charge in [0.05, 0.1) is 0 Å². The number of hydrogen-bond acceptors (Lipinski definition) is 3. The molecule has 2 aliphatic rings. The molecule has 2 aromatic rings. The van der Waals surface area contributed by atoms with Crippen LogP contribution in [0.25, 0.3) is 0 Å². The number of anilines is 1. The van der Waals surface area contributed by atoms with Crippen LogP contribution in [0.1, 0.15) is 55.1 Å². The van der Waals surface area contributed by atoms with Crippen molar-refractivity contribution in [3.05, 3.63) is 64.2 Å². The third-order valence-electron chi connectivity index (χ3n) is 7.23. The normalized spacial score (nSPS) is 17.7. The standard InChI is InChI=1S/C28H36ClN3O2/c1-20-5-10-24(29)19-25(20)30-15-17-32(18-16-30)27(34)22-11-13-31(14-12-22)26(33)21-6-8-23(9-7-21)28(2,3)4/h5-10,19,22H,11-18H2,1-4H3. The van der Waals surface area contributed by atoms with Crippen LogP contribution < -0.4 is 4.90 Å². The zero-order chi connectivity index (χ0) is 24.5. The molecule has 0 radical (unpaired) electrons. The van der Waals surface area contributed by atoms with Gasteiger partial charge >= 0.3 is 0 Å². The van der Waals surface area contributed by atoms with Crippen LogP contribution in [0.4, 0.5) is 5.69 Å². The Kier molecular flexibility index (Phi) is 7.22. The molecule has 34 heavy (non-hydrogen) atoms. The molecule has 0 N–H and O–H groups in total. The zero-order valence-electron chi connectivity index (χ0n) is 20.8. The predicted octanol–water partition coefficient (Wildman–Crippen LogP) is 5.15. The minimum Gasteiger partial charge on any atom is -0.368 e. The highest BCUT2D eigenvalue weighted by atomic mass is 35.5. The van der Waals surface area contributed by atoms with Gasteiger partial charge in [-0.3, -0.25) is 9.59 Å². The first-order valence-corrected chi connectivity index (χ1v) is 12.7. The van der Waals surface area contributed by atoms with Gasteiger partial charge in [-0.25, -0.2) is 0 Å². The van der Waals surface area contributed by atoms with Gasteiger partial charge in [-0.2, -0.15) is 0 Å². The first-order valence-electron chi connectivity index (χ1n) is 12.3. The predicted molar refractivity (Wildman–Crippen MR) is 139 cm³/mol. The molecule has 2 aromatic carbocycles. The Morgan fingerprint density at radius 2 is 1.47 bits per heavy atom. The number of rotatable bonds is 3. The number of likely N-dealkylation sites (tertiary alicyclic amines) is 1. The van der Waals surface area contributed by atoms with Crippen LogP contribution in [-0.4, -0.2) is 60.9 Å². The third-order valence-corrected chi connectivity index (χ3v) is 7.47. The first-order chi connectivity index (χ1) is 16.1. The van der Waals surface area contributed by atoms with Gasteiger partial charge in [0.25, 0.3) is 5.91 Å². The number of piperidine rings is 1. The summed E-state index contributed by atoms with van der Waals surface area (Å²) in [5, 5.41) is 0.741. The maximum Gasteiger partial charge on any atom is 0.253 e. The van der Waals surface area contributed by atoms with Crippen molar-refractivity contribution in [3.63, 3.8) is 0 Å². The lowest BCUT2D eigenvalue weighted by Gasteiger charge is -2.39. The summed E-state index contributed by atoms with van der Waals surface area (Å²) in [6, 6.07) is 13.9. The number of nitrogens with zero attached hydrogens (tertiary/aromatic N) is 3. The molecule has 182 valence electrons. The van der Waals surface area contributed by atoms with Crippen molar-refractivity contribution in [3.8, 4) is 0 Å². The van der Waals surface area contributed by atoms with Gasteiger partial charge in [-0.05, 0) is 60.6 Å². The second kappa shape index (κ2) is 9.99. The Hall–Kier alpha value is -2.53. The molecule has 6 heteroatoms. The highest BCUT2D eigenvalue weighted by molar-refractivity contribution is 6.30. The van der Waals surface area contributed by atoms with E-state index in [4.69, 9.17) is 11.6 Å². The summed E-state index contributed by atoms with van der Waals surface area (Å²) in [6.07, 6.45) is 1.47. The number of amides is 2. The molecule has 0 aromatic heterocycles. The van der Waals surface area contributed by atoms with Crippen LogP contribution in [0, 0.1) is 12.8 Å². The monoisotopic (exact) mass is 481 g/mol. The smallest absolute Gasteiger partial charge is 0.253 e. The molecule has 0 unspecified atom stereocenters. The molecule has 2 heterocycles. The number of benzene rings is 2. The number of carbonyl (C=O) groups is 2. The number of piperazine rings is 1. The Labute approximate surface area is 208 Å². The van der Waals surface area contributed by atoms with Crippen molar-refractivity contribution in [1.82, 2.24) is 9.80 Å². The lowest BCUT2D eigenvalue weighted by Crippen LogP contribution is -2.52. The first kappa shape index (κ1) is 24.6. The highest BCUT2D eigenvalue weighted by Crippen LogP contribution is 2.27. The van der Waals surface area contributed by atoms with Crippen molar-refractivity contribution < 1.29 is 9.59 Å². The SMILES string of the molecule is Cc1ccc(Cl)cc1N1CCN(C(=O)C2CCN(C(=O)c3ccc(C(C)(C)C)cc3)CC2)CC1. The summed E-state index contributed by atoms with van der Waals surface area (Å²) in [7, 11) is 0. The Morgan fingerprint density at radius 3 is 2.06 bits per heavy atom. The quantitative estimate of drug-likeness (QED) is 0.609. The number of aryl methyl sites for hydroxylation is 1. The van der Waals surface area contributed by atoms with Gasteiger partial charge < -0.3 is 14.7 Å². The fourth-order valence-electron chi connectivity index (χ4n) is 4.97.